The molecule has 81 heavy (non-hydrogen) atoms. The molecule has 0 amide bonds. The Labute approximate surface area is 471 Å². The lowest BCUT2D eigenvalue weighted by molar-refractivity contribution is 0.589. The van der Waals surface area contributed by atoms with E-state index < -0.39 is 5.41 Å². The number of hydrogen-bond donors (Lipinski definition) is 0. The number of rotatable bonds is 6. The molecule has 0 unspecified atom stereocenters. The lowest BCUT2D eigenvalue weighted by Gasteiger charge is -2.33. The number of fused-ring (bicyclic) bond motifs is 20. The van der Waals surface area contributed by atoms with Gasteiger partial charge in [0.15, 0.2) is 0 Å². The summed E-state index contributed by atoms with van der Waals surface area (Å²) in [6.45, 7) is 14.0. The summed E-state index contributed by atoms with van der Waals surface area (Å²) >= 11 is 0. The van der Waals surface area contributed by atoms with Gasteiger partial charge in [-0.15, -0.1) is 0 Å². The Morgan fingerprint density at radius 3 is 1.07 bits per heavy atom. The Kier molecular flexibility index (Phi) is 10.0. The van der Waals surface area contributed by atoms with E-state index in [1.54, 1.807) is 0 Å². The zero-order chi connectivity index (χ0) is 54.5. The maximum Gasteiger partial charge on any atom is 0.137 e. The highest BCUT2D eigenvalue weighted by Gasteiger charge is 2.54. The first-order chi connectivity index (χ1) is 39.4. The Bertz CT molecular complexity index is 4600. The number of hydrogen-bond acceptors (Lipinski definition) is 4. The van der Waals surface area contributed by atoms with E-state index in [-0.39, 0.29) is 10.8 Å². The molecule has 1 spiro atoms. The third-order valence-electron chi connectivity index (χ3n) is 17.7. The van der Waals surface area contributed by atoms with Gasteiger partial charge in [0.25, 0.3) is 0 Å². The first kappa shape index (κ1) is 47.4. The van der Waals surface area contributed by atoms with Crippen LogP contribution >= 0.6 is 0 Å². The molecule has 0 saturated carbocycles. The van der Waals surface area contributed by atoms with Crippen LogP contribution in [0.4, 0.5) is 34.1 Å². The molecule has 0 bridgehead atoms. The molecule has 4 heteroatoms. The molecule has 0 radical (unpaired) electrons. The summed E-state index contributed by atoms with van der Waals surface area (Å²) in [7, 11) is 0. The predicted molar refractivity (Wildman–Crippen MR) is 339 cm³/mol. The fourth-order valence-electron chi connectivity index (χ4n) is 13.9. The summed E-state index contributed by atoms with van der Waals surface area (Å²) < 4.78 is 13.0. The molecule has 0 fully saturated rings. The Hall–Kier alpha value is -9.64. The molecule has 4 nitrogen and oxygen atoms in total. The Morgan fingerprint density at radius 1 is 0.284 bits per heavy atom. The minimum absolute atomic E-state index is 0.0522. The van der Waals surface area contributed by atoms with Crippen LogP contribution in [0.1, 0.15) is 74.9 Å². The minimum Gasteiger partial charge on any atom is -0.456 e. The fourth-order valence-corrected chi connectivity index (χ4v) is 13.9. The number of nitrogens with zero attached hydrogens (tertiary/aromatic N) is 2. The highest BCUT2D eigenvalue weighted by Crippen LogP contribution is 2.66. The maximum atomic E-state index is 6.51. The fraction of sp³-hybridized carbons (Fsp3) is 0.117. The highest BCUT2D eigenvalue weighted by molar-refractivity contribution is 6.12. The van der Waals surface area contributed by atoms with Crippen LogP contribution in [-0.2, 0) is 16.2 Å². The van der Waals surface area contributed by atoms with E-state index in [0.717, 1.165) is 78.0 Å². The zero-order valence-electron chi connectivity index (χ0n) is 46.3. The zero-order valence-corrected chi connectivity index (χ0v) is 46.3. The van der Waals surface area contributed by atoms with Crippen molar-refractivity contribution in [1.82, 2.24) is 0 Å². The summed E-state index contributed by atoms with van der Waals surface area (Å²) in [5.41, 5.74) is 22.3. The van der Waals surface area contributed by atoms with Gasteiger partial charge in [0.05, 0.1) is 5.41 Å². The van der Waals surface area contributed by atoms with Crippen molar-refractivity contribution in [3.63, 3.8) is 0 Å². The van der Waals surface area contributed by atoms with E-state index in [2.05, 4.69) is 282 Å². The topological polar surface area (TPSA) is 32.8 Å². The quantitative estimate of drug-likeness (QED) is 0.166. The molecular formula is C77H58N2O2. The number of benzene rings is 12. The van der Waals surface area contributed by atoms with Crippen molar-refractivity contribution in [3.8, 4) is 22.3 Å². The van der Waals surface area contributed by atoms with Gasteiger partial charge in [0.1, 0.15) is 22.3 Å². The molecule has 2 aromatic heterocycles. The van der Waals surface area contributed by atoms with Crippen molar-refractivity contribution in [3.05, 3.63) is 276 Å². The van der Waals surface area contributed by atoms with Gasteiger partial charge in [-0.2, -0.15) is 0 Å². The van der Waals surface area contributed by atoms with Crippen LogP contribution in [0, 0.1) is 0 Å². The van der Waals surface area contributed by atoms with Crippen molar-refractivity contribution in [2.24, 2.45) is 0 Å². The average molecular weight is 1040 g/mol. The smallest absolute Gasteiger partial charge is 0.137 e. The summed E-state index contributed by atoms with van der Waals surface area (Å²) in [4.78, 5) is 4.73. The van der Waals surface area contributed by atoms with Crippen molar-refractivity contribution in [1.29, 1.82) is 0 Å². The van der Waals surface area contributed by atoms with E-state index in [4.69, 9.17) is 8.83 Å². The van der Waals surface area contributed by atoms with Crippen LogP contribution in [0.2, 0.25) is 0 Å². The van der Waals surface area contributed by atoms with E-state index >= 15 is 0 Å². The van der Waals surface area contributed by atoms with Gasteiger partial charge < -0.3 is 18.6 Å². The van der Waals surface area contributed by atoms with Gasteiger partial charge in [-0.05, 0) is 173 Å². The minimum atomic E-state index is -0.652. The Morgan fingerprint density at radius 2 is 0.654 bits per heavy atom. The summed E-state index contributed by atoms with van der Waals surface area (Å²) in [5.74, 6) is 0. The van der Waals surface area contributed by atoms with Crippen molar-refractivity contribution < 1.29 is 8.83 Å². The first-order valence-electron chi connectivity index (χ1n) is 28.4. The van der Waals surface area contributed by atoms with Gasteiger partial charge in [-0.3, -0.25) is 0 Å². The number of anilines is 6. The number of furan rings is 2. The van der Waals surface area contributed by atoms with Crippen LogP contribution in [0.5, 0.6) is 0 Å². The van der Waals surface area contributed by atoms with Crippen LogP contribution < -0.4 is 9.80 Å². The molecule has 16 rings (SSSR count). The molecule has 388 valence electrons. The van der Waals surface area contributed by atoms with Crippen molar-refractivity contribution >= 4 is 99.5 Å². The Balaban J connectivity index is 0.937. The monoisotopic (exact) mass is 1040 g/mol. The second kappa shape index (κ2) is 17.2. The first-order valence-corrected chi connectivity index (χ1v) is 28.4. The molecule has 2 heterocycles. The highest BCUT2D eigenvalue weighted by atomic mass is 16.3. The molecule has 2 aliphatic carbocycles. The van der Waals surface area contributed by atoms with Crippen LogP contribution in [-0.4, -0.2) is 0 Å². The molecule has 2 aliphatic rings. The molecule has 14 aromatic rings. The lowest BCUT2D eigenvalue weighted by Crippen LogP contribution is -2.27. The van der Waals surface area contributed by atoms with Gasteiger partial charge in [-0.1, -0.05) is 187 Å². The summed E-state index contributed by atoms with van der Waals surface area (Å²) in [6.07, 6.45) is 0. The van der Waals surface area contributed by atoms with Crippen LogP contribution in [0.15, 0.2) is 251 Å². The molecular weight excluding hydrogens is 985 g/mol. The van der Waals surface area contributed by atoms with Crippen molar-refractivity contribution in [2.45, 2.75) is 57.8 Å². The SMILES string of the molecule is CC(C)(C)c1ccc2c(c1)-c1cc(C(C)(C)C)ccc1C21c2c(ccc3cc(N(c4ccccc4)c4ccc5c(c4)oc4ccccc45)ccc23)-c2ccc3cc(N(c4ccccc4)c4ccc5c(c4)oc4ccccc45)ccc3c21. The lowest BCUT2D eigenvalue weighted by atomic mass is 9.68. The third-order valence-corrected chi connectivity index (χ3v) is 17.7. The molecule has 12 aromatic carbocycles. The second-order valence-electron chi connectivity index (χ2n) is 24.5. The van der Waals surface area contributed by atoms with Gasteiger partial charge >= 0.3 is 0 Å². The largest absolute Gasteiger partial charge is 0.456 e. The standard InChI is InChI=1S/C77H58N2O2/c1-75(2,3)49-27-39-67-65(43-49)66-44-50(76(4,5)6)28-40-68(66)77(67)73-57-35-29-53(78(51-17-9-7-10-18-51)55-31-37-61-59-21-13-15-23-69(59)80-71(61)45-55)41-47(57)25-33-63(73)64-34-26-48-42-54(30-36-58(48)74(64)77)79(52-19-11-8-12-20-52)56-32-38-62-60-22-14-16-24-70(60)81-72(62)46-56/h7-46H,1-6H3. The molecule has 0 atom stereocenters. The van der Waals surface area contributed by atoms with Crippen molar-refractivity contribution in [2.75, 3.05) is 9.80 Å². The number of para-hydroxylation sites is 4. The van der Waals surface area contributed by atoms with E-state index in [1.807, 2.05) is 12.1 Å². The van der Waals surface area contributed by atoms with Gasteiger partial charge in [0.2, 0.25) is 0 Å². The van der Waals surface area contributed by atoms with E-state index in [1.165, 1.54) is 77.2 Å². The molecule has 0 saturated heterocycles. The van der Waals surface area contributed by atoms with Crippen LogP contribution in [0.25, 0.3) is 87.7 Å². The summed E-state index contributed by atoms with van der Waals surface area (Å²) in [5, 5.41) is 9.33. The molecule has 0 aliphatic heterocycles. The summed E-state index contributed by atoms with van der Waals surface area (Å²) in [6, 6.07) is 90.0. The second-order valence-corrected chi connectivity index (χ2v) is 24.5. The maximum absolute atomic E-state index is 6.51. The van der Waals surface area contributed by atoms with E-state index in [0.29, 0.717) is 0 Å². The molecule has 0 N–H and O–H groups in total. The van der Waals surface area contributed by atoms with Crippen LogP contribution in [0.3, 0.4) is 0 Å². The van der Waals surface area contributed by atoms with Gasteiger partial charge in [-0.25, -0.2) is 0 Å². The third kappa shape index (κ3) is 7.02. The normalized spacial score (nSPS) is 13.4. The van der Waals surface area contributed by atoms with E-state index in [9.17, 15) is 0 Å². The van der Waals surface area contributed by atoms with Gasteiger partial charge in [0, 0.05) is 67.8 Å². The average Bonchev–Trinajstić information content (AvgIpc) is 3.44. The predicted octanol–water partition coefficient (Wildman–Crippen LogP) is 21.7.